The maximum absolute atomic E-state index is 12.7. The second-order valence-electron chi connectivity index (χ2n) is 6.50. The van der Waals surface area contributed by atoms with Crippen LogP contribution < -0.4 is 4.72 Å². The Bertz CT molecular complexity index is 881. The fourth-order valence-electron chi connectivity index (χ4n) is 2.91. The molecule has 144 valence electrons. The van der Waals surface area contributed by atoms with Crippen molar-refractivity contribution in [1.29, 1.82) is 0 Å². The molecule has 0 bridgehead atoms. The number of nitrogens with one attached hydrogen (secondary N) is 1. The van der Waals surface area contributed by atoms with Crippen molar-refractivity contribution >= 4 is 15.9 Å². The predicted molar refractivity (Wildman–Crippen MR) is 101 cm³/mol. The molecule has 2 heterocycles. The van der Waals surface area contributed by atoms with E-state index >= 15 is 0 Å². The maximum atomic E-state index is 12.7. The molecular weight excluding hydrogens is 366 g/mol. The Kier molecular flexibility index (Phi) is 6.20. The summed E-state index contributed by atoms with van der Waals surface area (Å²) in [6.07, 6.45) is 3.37. The molecule has 0 aliphatic carbocycles. The fraction of sp³-hybridized carbons (Fsp3) is 0.368. The van der Waals surface area contributed by atoms with Gasteiger partial charge in [0.15, 0.2) is 0 Å². The van der Waals surface area contributed by atoms with E-state index in [1.807, 2.05) is 18.2 Å². The Morgan fingerprint density at radius 3 is 2.85 bits per heavy atom. The van der Waals surface area contributed by atoms with E-state index in [1.165, 1.54) is 17.0 Å². The van der Waals surface area contributed by atoms with Gasteiger partial charge in [-0.15, -0.1) is 0 Å². The monoisotopic (exact) mass is 389 g/mol. The lowest BCUT2D eigenvalue weighted by Crippen LogP contribution is -2.32. The Hall–Kier alpha value is -2.29. The summed E-state index contributed by atoms with van der Waals surface area (Å²) in [5.41, 5.74) is 1.07. The first-order valence-electron chi connectivity index (χ1n) is 8.82. The number of benzene rings is 1. The van der Waals surface area contributed by atoms with E-state index < -0.39 is 10.0 Å². The van der Waals surface area contributed by atoms with Gasteiger partial charge in [-0.3, -0.25) is 9.78 Å². The van der Waals surface area contributed by atoms with Crippen molar-refractivity contribution in [1.82, 2.24) is 14.6 Å². The van der Waals surface area contributed by atoms with E-state index in [2.05, 4.69) is 9.71 Å². The summed E-state index contributed by atoms with van der Waals surface area (Å²) in [5, 5.41) is 0. The highest BCUT2D eigenvalue weighted by Gasteiger charge is 2.21. The molecule has 7 nitrogen and oxygen atoms in total. The Labute approximate surface area is 159 Å². The number of aromatic nitrogens is 1. The minimum absolute atomic E-state index is 0.0672. The fourth-order valence-corrected chi connectivity index (χ4v) is 4.03. The van der Waals surface area contributed by atoms with E-state index in [1.54, 1.807) is 25.4 Å². The third-order valence-corrected chi connectivity index (χ3v) is 5.81. The summed E-state index contributed by atoms with van der Waals surface area (Å²) in [6, 6.07) is 11.6. The molecule has 1 fully saturated rings. The molecule has 1 amide bonds. The summed E-state index contributed by atoms with van der Waals surface area (Å²) < 4.78 is 33.1. The molecule has 1 aromatic heterocycles. The van der Waals surface area contributed by atoms with Crippen LogP contribution in [-0.2, 0) is 21.3 Å². The van der Waals surface area contributed by atoms with E-state index in [0.717, 1.165) is 18.5 Å². The number of carbonyl (C=O) groups excluding carboxylic acids is 1. The van der Waals surface area contributed by atoms with Gasteiger partial charge in [-0.05, 0) is 43.2 Å². The second kappa shape index (κ2) is 8.60. The lowest BCUT2D eigenvalue weighted by Gasteiger charge is -2.17. The third-order valence-electron chi connectivity index (χ3n) is 4.39. The van der Waals surface area contributed by atoms with Crippen LogP contribution in [0.1, 0.15) is 28.9 Å². The van der Waals surface area contributed by atoms with Crippen LogP contribution in [-0.4, -0.2) is 50.5 Å². The van der Waals surface area contributed by atoms with Gasteiger partial charge in [0, 0.05) is 32.0 Å². The van der Waals surface area contributed by atoms with Gasteiger partial charge < -0.3 is 9.64 Å². The minimum atomic E-state index is -3.70. The lowest BCUT2D eigenvalue weighted by atomic mass is 10.2. The van der Waals surface area contributed by atoms with E-state index in [9.17, 15) is 13.2 Å². The van der Waals surface area contributed by atoms with E-state index in [-0.39, 0.29) is 23.5 Å². The first-order valence-corrected chi connectivity index (χ1v) is 10.3. The zero-order chi connectivity index (χ0) is 19.3. The molecule has 8 heteroatoms. The average molecular weight is 389 g/mol. The molecule has 1 aromatic carbocycles. The van der Waals surface area contributed by atoms with Crippen molar-refractivity contribution in [3.05, 3.63) is 59.9 Å². The Balaban J connectivity index is 1.69. The molecule has 0 radical (unpaired) electrons. The topological polar surface area (TPSA) is 88.6 Å². The molecule has 1 saturated heterocycles. The van der Waals surface area contributed by atoms with Gasteiger partial charge in [0.25, 0.3) is 5.91 Å². The molecule has 1 aliphatic heterocycles. The summed E-state index contributed by atoms with van der Waals surface area (Å²) in [7, 11) is -2.04. The highest BCUT2D eigenvalue weighted by Crippen LogP contribution is 2.16. The summed E-state index contributed by atoms with van der Waals surface area (Å²) in [4.78, 5) is 18.4. The number of hydrogen-bond acceptors (Lipinski definition) is 5. The lowest BCUT2D eigenvalue weighted by molar-refractivity contribution is 0.0783. The number of rotatable bonds is 7. The third kappa shape index (κ3) is 5.12. The van der Waals surface area contributed by atoms with Crippen LogP contribution in [0.15, 0.2) is 53.6 Å². The number of carbonyl (C=O) groups is 1. The first kappa shape index (κ1) is 19.5. The molecule has 1 unspecified atom stereocenters. The number of sulfonamides is 1. The molecule has 1 N–H and O–H groups in total. The summed E-state index contributed by atoms with van der Waals surface area (Å²) >= 11 is 0. The first-order chi connectivity index (χ1) is 13.0. The van der Waals surface area contributed by atoms with Gasteiger partial charge in [-0.2, -0.15) is 0 Å². The molecule has 0 spiro atoms. The number of amides is 1. The number of hydrogen-bond donors (Lipinski definition) is 1. The average Bonchev–Trinajstić information content (AvgIpc) is 3.20. The van der Waals surface area contributed by atoms with Gasteiger partial charge in [0.1, 0.15) is 0 Å². The van der Waals surface area contributed by atoms with Crippen molar-refractivity contribution in [3.63, 3.8) is 0 Å². The van der Waals surface area contributed by atoms with Crippen molar-refractivity contribution < 1.29 is 17.9 Å². The Morgan fingerprint density at radius 1 is 1.30 bits per heavy atom. The van der Waals surface area contributed by atoms with Gasteiger partial charge >= 0.3 is 0 Å². The van der Waals surface area contributed by atoms with Crippen LogP contribution in [0, 0.1) is 0 Å². The molecule has 2 aromatic rings. The van der Waals surface area contributed by atoms with Crippen LogP contribution in [0.3, 0.4) is 0 Å². The maximum Gasteiger partial charge on any atom is 0.253 e. The highest BCUT2D eigenvalue weighted by atomic mass is 32.2. The van der Waals surface area contributed by atoms with Crippen LogP contribution in [0.5, 0.6) is 0 Å². The smallest absolute Gasteiger partial charge is 0.253 e. The van der Waals surface area contributed by atoms with Crippen molar-refractivity contribution in [2.45, 2.75) is 30.4 Å². The van der Waals surface area contributed by atoms with Crippen molar-refractivity contribution in [2.24, 2.45) is 0 Å². The van der Waals surface area contributed by atoms with Crippen LogP contribution in [0.4, 0.5) is 0 Å². The largest absolute Gasteiger partial charge is 0.377 e. The van der Waals surface area contributed by atoms with Crippen molar-refractivity contribution in [2.75, 3.05) is 20.2 Å². The van der Waals surface area contributed by atoms with Crippen molar-refractivity contribution in [3.8, 4) is 0 Å². The SMILES string of the molecule is CN(Cc1ccccn1)C(=O)c1cccc(S(=O)(=O)NCC2CCCO2)c1. The molecule has 1 aliphatic rings. The number of nitrogens with zero attached hydrogens (tertiary/aromatic N) is 2. The zero-order valence-corrected chi connectivity index (χ0v) is 16.0. The van der Waals surface area contributed by atoms with Crippen LogP contribution >= 0.6 is 0 Å². The molecule has 27 heavy (non-hydrogen) atoms. The Morgan fingerprint density at radius 2 is 2.15 bits per heavy atom. The zero-order valence-electron chi connectivity index (χ0n) is 15.2. The molecular formula is C19H23N3O4S. The number of pyridine rings is 1. The van der Waals surface area contributed by atoms with Gasteiger partial charge in [-0.1, -0.05) is 12.1 Å². The number of ether oxygens (including phenoxy) is 1. The normalized spacial score (nSPS) is 17.0. The minimum Gasteiger partial charge on any atom is -0.377 e. The summed E-state index contributed by atoms with van der Waals surface area (Å²) in [5.74, 6) is -0.267. The van der Waals surface area contributed by atoms with E-state index in [4.69, 9.17) is 4.74 Å². The molecule has 1 atom stereocenters. The van der Waals surface area contributed by atoms with Crippen LogP contribution in [0.25, 0.3) is 0 Å². The molecule has 3 rings (SSSR count). The highest BCUT2D eigenvalue weighted by molar-refractivity contribution is 7.89. The van der Waals surface area contributed by atoms with E-state index in [0.29, 0.717) is 18.7 Å². The van der Waals surface area contributed by atoms with Gasteiger partial charge in [-0.25, -0.2) is 13.1 Å². The molecule has 0 saturated carbocycles. The van der Waals surface area contributed by atoms with Gasteiger partial charge in [0.2, 0.25) is 10.0 Å². The second-order valence-corrected chi connectivity index (χ2v) is 8.26. The summed E-state index contributed by atoms with van der Waals surface area (Å²) in [6.45, 7) is 1.24. The quantitative estimate of drug-likeness (QED) is 0.780. The van der Waals surface area contributed by atoms with Crippen LogP contribution in [0.2, 0.25) is 0 Å². The predicted octanol–water partition coefficient (Wildman–Crippen LogP) is 1.81. The van der Waals surface area contributed by atoms with Gasteiger partial charge in [0.05, 0.1) is 23.2 Å². The standard InChI is InChI=1S/C19H23N3O4S/c1-22(14-16-7-2-3-10-20-16)19(23)15-6-4-9-18(12-15)27(24,25)21-13-17-8-5-11-26-17/h2-4,6-7,9-10,12,17,21H,5,8,11,13-14H2,1H3.